The van der Waals surface area contributed by atoms with Gasteiger partial charge < -0.3 is 10.2 Å². The molecule has 192 valence electrons. The number of carbonyl (C=O) groups is 1. The molecule has 3 heterocycles. The average Bonchev–Trinajstić information content (AvgIpc) is 3.32. The molecule has 3 atom stereocenters. The zero-order chi connectivity index (χ0) is 26.5. The van der Waals surface area contributed by atoms with Gasteiger partial charge in [-0.3, -0.25) is 0 Å². The minimum atomic E-state index is -3.90. The average molecular weight is 581 g/mol. The molecule has 2 aromatic heterocycles. The van der Waals surface area contributed by atoms with Crippen molar-refractivity contribution in [2.75, 3.05) is 11.9 Å². The van der Waals surface area contributed by atoms with Gasteiger partial charge in [-0.25, -0.2) is 0 Å². The van der Waals surface area contributed by atoms with Gasteiger partial charge in [0.25, 0.3) is 0 Å². The van der Waals surface area contributed by atoms with Crippen LogP contribution < -0.4 is 16.6 Å². The maximum atomic E-state index is 14.5. The van der Waals surface area contributed by atoms with Crippen LogP contribution in [0.25, 0.3) is 15.3 Å². The summed E-state index contributed by atoms with van der Waals surface area (Å²) in [7, 11) is 0. The van der Waals surface area contributed by atoms with Gasteiger partial charge in [0.2, 0.25) is 0 Å². The maximum absolute atomic E-state index is 14.5. The molecule has 14 heteroatoms. The number of anilines is 1. The topological polar surface area (TPSA) is 136 Å². The molecule has 1 aliphatic rings. The van der Waals surface area contributed by atoms with Gasteiger partial charge in [-0.1, -0.05) is 0 Å². The summed E-state index contributed by atoms with van der Waals surface area (Å²) in [5.41, 5.74) is -1.65. The van der Waals surface area contributed by atoms with Crippen LogP contribution in [0, 0.1) is 5.82 Å². The number of aliphatic hydroxyl groups excluding tert-OH is 2. The van der Waals surface area contributed by atoms with Crippen molar-refractivity contribution in [3.8, 4) is 5.69 Å². The van der Waals surface area contributed by atoms with Gasteiger partial charge in [0.05, 0.1) is 6.61 Å². The summed E-state index contributed by atoms with van der Waals surface area (Å²) in [5.74, 6) is -6.14. The van der Waals surface area contributed by atoms with E-state index >= 15 is 0 Å². The summed E-state index contributed by atoms with van der Waals surface area (Å²) >= 11 is -0.418. The molecule has 1 aliphatic heterocycles. The van der Waals surface area contributed by atoms with E-state index in [2.05, 4.69) is 10.3 Å². The number of hydrogen-bond acceptors (Lipinski definition) is 7. The van der Waals surface area contributed by atoms with Gasteiger partial charge in [0.1, 0.15) is 6.10 Å². The van der Waals surface area contributed by atoms with Crippen molar-refractivity contribution in [1.82, 2.24) is 13.1 Å². The van der Waals surface area contributed by atoms with Gasteiger partial charge in [-0.05, 0) is 0 Å². The Balaban J connectivity index is 1.41. The number of carbonyl (C=O) groups excluding carboxylic acids is 1. The van der Waals surface area contributed by atoms with E-state index in [0.717, 1.165) is 22.6 Å². The minimum absolute atomic E-state index is 0.279. The number of alkyl halides is 2. The molecule has 0 bridgehead atoms. The number of benzene rings is 2. The number of halogens is 3. The molecule has 1 fully saturated rings. The van der Waals surface area contributed by atoms with Crippen LogP contribution in [0.5, 0.6) is 0 Å². The van der Waals surface area contributed by atoms with Gasteiger partial charge >= 0.3 is 173 Å². The number of rotatable bonds is 5. The third-order valence-electron chi connectivity index (χ3n) is 5.80. The Morgan fingerprint density at radius 1 is 1.19 bits per heavy atom. The first kappa shape index (κ1) is 25.1. The van der Waals surface area contributed by atoms with Crippen LogP contribution in [0.4, 0.5) is 19.0 Å². The van der Waals surface area contributed by atoms with E-state index in [1.807, 2.05) is 6.07 Å². The molecule has 0 saturated carbocycles. The standard InChI is InChI=1S/C23H17F3N4O6Se/c24-14-6-5-11(30-20(34)12-3-1-2-4-16(12)37-30)9-13(14)19(33)27-17-7-8-29(22(35)28-17)21-23(25,26)18(32)15(10-31)36-21/h1-9,15,18,21,31-32H,10H2,(H,27,28,33,35)/t15-,18-,21-/m0/s1. The van der Waals surface area contributed by atoms with E-state index in [1.165, 1.54) is 15.7 Å². The number of aromatic nitrogens is 3. The Bertz CT molecular complexity index is 1630. The molecule has 4 aromatic rings. The number of fused-ring (bicyclic) bond motifs is 1. The number of nitrogens with one attached hydrogen (secondary N) is 1. The van der Waals surface area contributed by atoms with Crippen LogP contribution in [0.2, 0.25) is 0 Å². The molecule has 10 nitrogen and oxygen atoms in total. The number of hydrogen-bond donors (Lipinski definition) is 3. The monoisotopic (exact) mass is 582 g/mol. The normalized spacial score (nSPS) is 20.8. The SMILES string of the molecule is O=C(Nc1ccn([C@H]2O[C@@H](CO)[C@H](O)C2(F)F)c(=O)n1)c1cc(-n2[se]c3ccccc3c2=O)ccc1F. The summed E-state index contributed by atoms with van der Waals surface area (Å²) in [6.45, 7) is -0.898. The van der Waals surface area contributed by atoms with Gasteiger partial charge in [-0.2, -0.15) is 8.78 Å². The second kappa shape index (κ2) is 9.39. The molecule has 1 amide bonds. The van der Waals surface area contributed by atoms with Gasteiger partial charge in [0.15, 0.2) is 6.10 Å². The van der Waals surface area contributed by atoms with Gasteiger partial charge in [-0.15, -0.1) is 0 Å². The fourth-order valence-corrected chi connectivity index (χ4v) is 6.00. The second-order valence-corrected chi connectivity index (χ2v) is 10.2. The van der Waals surface area contributed by atoms with Crippen LogP contribution in [0.3, 0.4) is 0 Å². The third-order valence-corrected chi connectivity index (χ3v) is 8.14. The molecule has 2 aromatic carbocycles. The Kier molecular flexibility index (Phi) is 6.38. The van der Waals surface area contributed by atoms with Crippen molar-refractivity contribution >= 4 is 36.1 Å². The number of aliphatic hydroxyl groups is 2. The summed E-state index contributed by atoms with van der Waals surface area (Å²) in [6.07, 6.45) is -5.33. The molecule has 3 N–H and O–H groups in total. The summed E-state index contributed by atoms with van der Waals surface area (Å²) in [5, 5.41) is 21.5. The Morgan fingerprint density at radius 3 is 2.62 bits per heavy atom. The van der Waals surface area contributed by atoms with Crippen molar-refractivity contribution in [2.24, 2.45) is 0 Å². The van der Waals surface area contributed by atoms with Crippen LogP contribution in [0.1, 0.15) is 16.6 Å². The predicted molar refractivity (Wildman–Crippen MR) is 125 cm³/mol. The Morgan fingerprint density at radius 2 is 1.95 bits per heavy atom. The Labute approximate surface area is 211 Å². The number of nitrogens with zero attached hydrogens (tertiary/aromatic N) is 3. The van der Waals surface area contributed by atoms with Crippen molar-refractivity contribution in [1.29, 1.82) is 0 Å². The van der Waals surface area contributed by atoms with Gasteiger partial charge in [0, 0.05) is 0 Å². The molecule has 0 spiro atoms. The first-order chi connectivity index (χ1) is 17.6. The second-order valence-electron chi connectivity index (χ2n) is 8.14. The van der Waals surface area contributed by atoms with Crippen molar-refractivity contribution < 1.29 is 32.9 Å². The van der Waals surface area contributed by atoms with E-state index in [4.69, 9.17) is 9.84 Å². The molecule has 0 aliphatic carbocycles. The molecule has 1 saturated heterocycles. The van der Waals surface area contributed by atoms with E-state index in [1.54, 1.807) is 18.2 Å². The summed E-state index contributed by atoms with van der Waals surface area (Å²) < 4.78 is 50.8. The van der Waals surface area contributed by atoms with E-state index in [-0.39, 0.29) is 11.4 Å². The van der Waals surface area contributed by atoms with Crippen LogP contribution in [0.15, 0.2) is 64.3 Å². The molecule has 37 heavy (non-hydrogen) atoms. The first-order valence-electron chi connectivity index (χ1n) is 10.8. The first-order valence-corrected chi connectivity index (χ1v) is 12.4. The number of amides is 1. The van der Waals surface area contributed by atoms with Crippen molar-refractivity contribution in [3.63, 3.8) is 0 Å². The van der Waals surface area contributed by atoms with E-state index in [0.29, 0.717) is 15.6 Å². The van der Waals surface area contributed by atoms with Crippen LogP contribution >= 0.6 is 0 Å². The molecular weight excluding hydrogens is 564 g/mol. The summed E-state index contributed by atoms with van der Waals surface area (Å²) in [6, 6.07) is 11.6. The van der Waals surface area contributed by atoms with Crippen molar-refractivity contribution in [2.45, 2.75) is 24.4 Å². The van der Waals surface area contributed by atoms with Crippen molar-refractivity contribution in [3.05, 3.63) is 86.9 Å². The van der Waals surface area contributed by atoms with E-state index in [9.17, 15) is 32.7 Å². The quantitative estimate of drug-likeness (QED) is 0.298. The predicted octanol–water partition coefficient (Wildman–Crippen LogP) is 0.882. The fraction of sp³-hybridized carbons (Fsp3) is 0.217. The Hall–Kier alpha value is -3.55. The van der Waals surface area contributed by atoms with E-state index < -0.39 is 68.7 Å². The fourth-order valence-electron chi connectivity index (χ4n) is 3.92. The molecule has 0 radical (unpaired) electrons. The zero-order valence-electron chi connectivity index (χ0n) is 18.5. The summed E-state index contributed by atoms with van der Waals surface area (Å²) in [4.78, 5) is 41.5. The van der Waals surface area contributed by atoms with Crippen LogP contribution in [-0.4, -0.2) is 68.7 Å². The molecule has 0 unspecified atom stereocenters. The number of ether oxygens (including phenoxy) is 1. The molecule has 5 rings (SSSR count). The molecular formula is C23H17F3N4O6Se. The zero-order valence-corrected chi connectivity index (χ0v) is 20.3. The third kappa shape index (κ3) is 4.32. The van der Waals surface area contributed by atoms with Crippen LogP contribution in [-0.2, 0) is 4.74 Å².